The Bertz CT molecular complexity index is 734. The van der Waals surface area contributed by atoms with Crippen LogP contribution in [0.1, 0.15) is 12.5 Å². The van der Waals surface area contributed by atoms with Gasteiger partial charge in [0.15, 0.2) is 0 Å². The molecule has 0 radical (unpaired) electrons. The molecule has 3 rings (SSSR count). The van der Waals surface area contributed by atoms with Crippen molar-refractivity contribution < 1.29 is 5.11 Å². The van der Waals surface area contributed by atoms with E-state index in [1.807, 2.05) is 42.5 Å². The zero-order valence-electron chi connectivity index (χ0n) is 10.8. The number of pyridine rings is 1. The minimum atomic E-state index is 0.312. The number of phenols is 1. The van der Waals surface area contributed by atoms with Gasteiger partial charge in [0.2, 0.25) is 0 Å². The maximum absolute atomic E-state index is 10.5. The van der Waals surface area contributed by atoms with Crippen LogP contribution < -0.4 is 0 Å². The summed E-state index contributed by atoms with van der Waals surface area (Å²) in [5.41, 5.74) is 2.82. The first kappa shape index (κ1) is 11.7. The topological polar surface area (TPSA) is 33.1 Å². The number of aromatic nitrogens is 1. The van der Waals surface area contributed by atoms with Crippen molar-refractivity contribution in [2.45, 2.75) is 13.3 Å². The third-order valence-electron chi connectivity index (χ3n) is 3.43. The van der Waals surface area contributed by atoms with Gasteiger partial charge < -0.3 is 5.11 Å². The van der Waals surface area contributed by atoms with E-state index in [-0.39, 0.29) is 0 Å². The number of hydrogen-bond acceptors (Lipinski definition) is 2. The molecule has 1 aromatic heterocycles. The minimum Gasteiger partial charge on any atom is -0.507 e. The average molecular weight is 249 g/mol. The molecule has 0 saturated carbocycles. The van der Waals surface area contributed by atoms with E-state index in [4.69, 9.17) is 0 Å². The normalized spacial score (nSPS) is 10.8. The van der Waals surface area contributed by atoms with Gasteiger partial charge >= 0.3 is 0 Å². The predicted molar refractivity (Wildman–Crippen MR) is 78.2 cm³/mol. The van der Waals surface area contributed by atoms with Gasteiger partial charge in [-0.05, 0) is 29.5 Å². The van der Waals surface area contributed by atoms with Crippen molar-refractivity contribution in [1.82, 2.24) is 4.98 Å². The SMILES string of the molecule is CCc1cccnc1-c1ccc2ccccc2c1O. The quantitative estimate of drug-likeness (QED) is 0.739. The highest BCUT2D eigenvalue weighted by atomic mass is 16.3. The first-order chi connectivity index (χ1) is 9.31. The molecule has 2 aromatic carbocycles. The van der Waals surface area contributed by atoms with Gasteiger partial charge in [0, 0.05) is 17.1 Å². The first-order valence-corrected chi connectivity index (χ1v) is 6.46. The summed E-state index contributed by atoms with van der Waals surface area (Å²) in [6, 6.07) is 15.8. The van der Waals surface area contributed by atoms with Crippen LogP contribution in [0.4, 0.5) is 0 Å². The van der Waals surface area contributed by atoms with Crippen LogP contribution in [0.2, 0.25) is 0 Å². The lowest BCUT2D eigenvalue weighted by atomic mass is 9.99. The maximum atomic E-state index is 10.5. The van der Waals surface area contributed by atoms with Crippen molar-refractivity contribution in [3.8, 4) is 17.0 Å². The summed E-state index contributed by atoms with van der Waals surface area (Å²) in [6.45, 7) is 2.10. The van der Waals surface area contributed by atoms with E-state index in [0.717, 1.165) is 34.0 Å². The number of benzene rings is 2. The van der Waals surface area contributed by atoms with Gasteiger partial charge in [0.1, 0.15) is 5.75 Å². The van der Waals surface area contributed by atoms with Crippen molar-refractivity contribution in [3.63, 3.8) is 0 Å². The van der Waals surface area contributed by atoms with E-state index in [1.165, 1.54) is 0 Å². The van der Waals surface area contributed by atoms with Crippen molar-refractivity contribution >= 4 is 10.8 Å². The smallest absolute Gasteiger partial charge is 0.132 e. The van der Waals surface area contributed by atoms with Gasteiger partial charge in [-0.3, -0.25) is 4.98 Å². The second-order valence-electron chi connectivity index (χ2n) is 4.55. The van der Waals surface area contributed by atoms with Crippen LogP contribution >= 0.6 is 0 Å². The van der Waals surface area contributed by atoms with E-state index in [2.05, 4.69) is 18.0 Å². The summed E-state index contributed by atoms with van der Waals surface area (Å²) in [6.07, 6.45) is 2.67. The Hall–Kier alpha value is -2.35. The summed E-state index contributed by atoms with van der Waals surface area (Å²) in [5.74, 6) is 0.312. The number of fused-ring (bicyclic) bond motifs is 1. The molecule has 94 valence electrons. The summed E-state index contributed by atoms with van der Waals surface area (Å²) < 4.78 is 0. The largest absolute Gasteiger partial charge is 0.507 e. The fourth-order valence-corrected chi connectivity index (χ4v) is 2.41. The molecule has 0 amide bonds. The van der Waals surface area contributed by atoms with Crippen LogP contribution in [0.5, 0.6) is 5.75 Å². The molecular formula is C17H15NO. The Morgan fingerprint density at radius 3 is 2.68 bits per heavy atom. The third kappa shape index (κ3) is 1.95. The summed E-state index contributed by atoms with van der Waals surface area (Å²) in [7, 11) is 0. The van der Waals surface area contributed by atoms with Crippen LogP contribution in [0, 0.1) is 0 Å². The van der Waals surface area contributed by atoms with Gasteiger partial charge in [0.05, 0.1) is 5.69 Å². The van der Waals surface area contributed by atoms with Crippen molar-refractivity contribution in [2.24, 2.45) is 0 Å². The first-order valence-electron chi connectivity index (χ1n) is 6.46. The highest BCUT2D eigenvalue weighted by molar-refractivity contribution is 5.94. The molecule has 0 spiro atoms. The highest BCUT2D eigenvalue weighted by Gasteiger charge is 2.11. The third-order valence-corrected chi connectivity index (χ3v) is 3.43. The fraction of sp³-hybridized carbons (Fsp3) is 0.118. The molecule has 0 fully saturated rings. The number of nitrogens with zero attached hydrogens (tertiary/aromatic N) is 1. The lowest BCUT2D eigenvalue weighted by Crippen LogP contribution is -1.91. The van der Waals surface area contributed by atoms with Crippen molar-refractivity contribution in [3.05, 3.63) is 60.3 Å². The molecule has 19 heavy (non-hydrogen) atoms. The molecule has 2 nitrogen and oxygen atoms in total. The molecule has 0 saturated heterocycles. The number of aryl methyl sites for hydroxylation is 1. The Balaban J connectivity index is 2.28. The lowest BCUT2D eigenvalue weighted by Gasteiger charge is -2.10. The monoisotopic (exact) mass is 249 g/mol. The van der Waals surface area contributed by atoms with E-state index in [1.54, 1.807) is 6.20 Å². The highest BCUT2D eigenvalue weighted by Crippen LogP contribution is 2.36. The second kappa shape index (κ2) is 4.73. The second-order valence-corrected chi connectivity index (χ2v) is 4.55. The zero-order valence-corrected chi connectivity index (χ0v) is 10.8. The Kier molecular flexibility index (Phi) is 2.92. The van der Waals surface area contributed by atoms with E-state index in [0.29, 0.717) is 5.75 Å². The molecule has 2 heteroatoms. The van der Waals surface area contributed by atoms with Gasteiger partial charge in [-0.1, -0.05) is 43.3 Å². The van der Waals surface area contributed by atoms with Crippen molar-refractivity contribution in [1.29, 1.82) is 0 Å². The Labute approximate surface area is 112 Å². The van der Waals surface area contributed by atoms with Gasteiger partial charge in [-0.15, -0.1) is 0 Å². The molecule has 1 heterocycles. The van der Waals surface area contributed by atoms with Gasteiger partial charge in [-0.25, -0.2) is 0 Å². The van der Waals surface area contributed by atoms with E-state index < -0.39 is 0 Å². The average Bonchev–Trinajstić information content (AvgIpc) is 2.48. The zero-order chi connectivity index (χ0) is 13.2. The number of phenolic OH excluding ortho intramolecular Hbond substituents is 1. The standard InChI is InChI=1S/C17H15NO/c1-2-12-7-5-11-18-16(12)15-10-9-13-6-3-4-8-14(13)17(15)19/h3-11,19H,2H2,1H3. The molecule has 0 aliphatic rings. The Morgan fingerprint density at radius 2 is 1.84 bits per heavy atom. The summed E-state index contributed by atoms with van der Waals surface area (Å²) in [5, 5.41) is 12.4. The molecule has 1 N–H and O–H groups in total. The van der Waals surface area contributed by atoms with Crippen LogP contribution in [0.25, 0.3) is 22.0 Å². The molecule has 0 aliphatic carbocycles. The summed E-state index contributed by atoms with van der Waals surface area (Å²) in [4.78, 5) is 4.43. The number of aromatic hydroxyl groups is 1. The van der Waals surface area contributed by atoms with Crippen molar-refractivity contribution in [2.75, 3.05) is 0 Å². The molecule has 0 atom stereocenters. The van der Waals surface area contributed by atoms with Crippen LogP contribution in [0.15, 0.2) is 54.7 Å². The number of rotatable bonds is 2. The molecule has 0 bridgehead atoms. The number of hydrogen-bond donors (Lipinski definition) is 1. The summed E-state index contributed by atoms with van der Waals surface area (Å²) >= 11 is 0. The van der Waals surface area contributed by atoms with Crippen LogP contribution in [-0.2, 0) is 6.42 Å². The van der Waals surface area contributed by atoms with Gasteiger partial charge in [0.25, 0.3) is 0 Å². The van der Waals surface area contributed by atoms with Crippen LogP contribution in [-0.4, -0.2) is 10.1 Å². The molecular weight excluding hydrogens is 234 g/mol. The lowest BCUT2D eigenvalue weighted by molar-refractivity contribution is 0.483. The van der Waals surface area contributed by atoms with E-state index >= 15 is 0 Å². The molecule has 3 aromatic rings. The Morgan fingerprint density at radius 1 is 1.00 bits per heavy atom. The molecule has 0 unspecified atom stereocenters. The maximum Gasteiger partial charge on any atom is 0.132 e. The fourth-order valence-electron chi connectivity index (χ4n) is 2.41. The van der Waals surface area contributed by atoms with Crippen LogP contribution in [0.3, 0.4) is 0 Å². The van der Waals surface area contributed by atoms with E-state index in [9.17, 15) is 5.11 Å². The van der Waals surface area contributed by atoms with Gasteiger partial charge in [-0.2, -0.15) is 0 Å². The molecule has 0 aliphatic heterocycles. The predicted octanol–water partition coefficient (Wildman–Crippen LogP) is 4.17. The minimum absolute atomic E-state index is 0.312.